The molecule has 1 N–H and O–H groups in total. The Kier molecular flexibility index (Phi) is 3.79. The van der Waals surface area contributed by atoms with E-state index < -0.39 is 17.5 Å². The van der Waals surface area contributed by atoms with Crippen LogP contribution in [-0.4, -0.2) is 15.9 Å². The van der Waals surface area contributed by atoms with Crippen LogP contribution in [0.2, 0.25) is 0 Å². The lowest BCUT2D eigenvalue weighted by atomic mass is 10.2. The monoisotopic (exact) mass is 263 g/mol. The van der Waals surface area contributed by atoms with E-state index >= 15 is 0 Å². The highest BCUT2D eigenvalue weighted by molar-refractivity contribution is 6.02. The normalized spacial score (nSPS) is 10.3. The molecule has 0 bridgehead atoms. The van der Waals surface area contributed by atoms with Gasteiger partial charge in [0.25, 0.3) is 5.91 Å². The molecule has 0 atom stereocenters. The highest BCUT2D eigenvalue weighted by Crippen LogP contribution is 2.16. The van der Waals surface area contributed by atoms with E-state index in [0.29, 0.717) is 12.1 Å². The molecule has 1 amide bonds. The second-order valence-electron chi connectivity index (χ2n) is 3.83. The lowest BCUT2D eigenvalue weighted by molar-refractivity contribution is 0.102. The van der Waals surface area contributed by atoms with Gasteiger partial charge in [0.2, 0.25) is 0 Å². The first-order valence-corrected chi connectivity index (χ1v) is 5.67. The summed E-state index contributed by atoms with van der Waals surface area (Å²) in [5.41, 5.74) is 0.581. The maximum absolute atomic E-state index is 13.4. The minimum absolute atomic E-state index is 0.107. The van der Waals surface area contributed by atoms with Gasteiger partial charge in [-0.1, -0.05) is 6.92 Å². The Labute approximate surface area is 108 Å². The van der Waals surface area contributed by atoms with Crippen molar-refractivity contribution < 1.29 is 13.6 Å². The summed E-state index contributed by atoms with van der Waals surface area (Å²) in [7, 11) is 0. The van der Waals surface area contributed by atoms with Crippen LogP contribution < -0.4 is 5.32 Å². The van der Waals surface area contributed by atoms with E-state index in [4.69, 9.17) is 0 Å². The number of nitrogens with one attached hydrogen (secondary N) is 1. The number of benzene rings is 1. The number of anilines is 1. The van der Waals surface area contributed by atoms with Crippen molar-refractivity contribution in [2.24, 2.45) is 0 Å². The number of aromatic nitrogens is 2. The van der Waals surface area contributed by atoms with Crippen LogP contribution in [0, 0.1) is 11.6 Å². The fourth-order valence-corrected chi connectivity index (χ4v) is 1.49. The van der Waals surface area contributed by atoms with E-state index in [-0.39, 0.29) is 11.4 Å². The van der Waals surface area contributed by atoms with E-state index in [9.17, 15) is 13.6 Å². The largest absolute Gasteiger partial charge is 0.318 e. The van der Waals surface area contributed by atoms with Crippen molar-refractivity contribution in [3.05, 3.63) is 53.6 Å². The SMILES string of the molecule is CCc1cc(C(=O)Nc2cc(F)ccc2F)ncn1. The van der Waals surface area contributed by atoms with Crippen molar-refractivity contribution in [3.63, 3.8) is 0 Å². The molecule has 0 unspecified atom stereocenters. The molecule has 1 aromatic heterocycles. The second kappa shape index (κ2) is 5.51. The van der Waals surface area contributed by atoms with E-state index in [1.54, 1.807) is 0 Å². The van der Waals surface area contributed by atoms with Crippen LogP contribution in [0.3, 0.4) is 0 Å². The van der Waals surface area contributed by atoms with Crippen molar-refractivity contribution >= 4 is 11.6 Å². The second-order valence-corrected chi connectivity index (χ2v) is 3.83. The summed E-state index contributed by atoms with van der Waals surface area (Å²) in [6.07, 6.45) is 1.91. The molecule has 0 aliphatic heterocycles. The van der Waals surface area contributed by atoms with Gasteiger partial charge in [-0.05, 0) is 24.6 Å². The van der Waals surface area contributed by atoms with Gasteiger partial charge in [0, 0.05) is 11.8 Å². The van der Waals surface area contributed by atoms with Gasteiger partial charge in [0.15, 0.2) is 0 Å². The molecule has 0 fully saturated rings. The molecule has 0 aliphatic carbocycles. The van der Waals surface area contributed by atoms with Crippen LogP contribution in [0.15, 0.2) is 30.6 Å². The Morgan fingerprint density at radius 1 is 1.26 bits per heavy atom. The van der Waals surface area contributed by atoms with E-state index in [2.05, 4.69) is 15.3 Å². The van der Waals surface area contributed by atoms with Crippen LogP contribution in [0.4, 0.5) is 14.5 Å². The summed E-state index contributed by atoms with van der Waals surface area (Å²) in [6.45, 7) is 1.89. The number of nitrogens with zero attached hydrogens (tertiary/aromatic N) is 2. The Morgan fingerprint density at radius 2 is 2.05 bits per heavy atom. The summed E-state index contributed by atoms with van der Waals surface area (Å²) in [4.78, 5) is 19.6. The molecule has 0 aliphatic rings. The zero-order valence-electron chi connectivity index (χ0n) is 10.2. The lowest BCUT2D eigenvalue weighted by Crippen LogP contribution is -2.15. The standard InChI is InChI=1S/C13H11F2N3O/c1-2-9-6-12(17-7-16-9)13(19)18-11-5-8(14)3-4-10(11)15/h3-7H,2H2,1H3,(H,18,19). The molecule has 0 radical (unpaired) electrons. The van der Waals surface area contributed by atoms with Crippen LogP contribution in [0.5, 0.6) is 0 Å². The molecular formula is C13H11F2N3O. The number of amides is 1. The predicted octanol–water partition coefficient (Wildman–Crippen LogP) is 2.57. The van der Waals surface area contributed by atoms with Gasteiger partial charge in [-0.15, -0.1) is 0 Å². The Morgan fingerprint density at radius 3 is 2.79 bits per heavy atom. The first kappa shape index (κ1) is 13.1. The van der Waals surface area contributed by atoms with Crippen LogP contribution in [0.25, 0.3) is 0 Å². The summed E-state index contributed by atoms with van der Waals surface area (Å²) in [5, 5.41) is 2.27. The zero-order chi connectivity index (χ0) is 13.8. The Balaban J connectivity index is 2.22. The molecule has 1 heterocycles. The molecule has 2 rings (SSSR count). The quantitative estimate of drug-likeness (QED) is 0.926. The molecule has 0 saturated carbocycles. The predicted molar refractivity (Wildman–Crippen MR) is 65.7 cm³/mol. The number of carbonyl (C=O) groups is 1. The van der Waals surface area contributed by atoms with Crippen molar-refractivity contribution in [3.8, 4) is 0 Å². The molecule has 4 nitrogen and oxygen atoms in total. The van der Waals surface area contributed by atoms with Crippen molar-refractivity contribution in [1.82, 2.24) is 9.97 Å². The third kappa shape index (κ3) is 3.09. The van der Waals surface area contributed by atoms with E-state index in [1.807, 2.05) is 6.92 Å². The first-order valence-electron chi connectivity index (χ1n) is 5.67. The van der Waals surface area contributed by atoms with E-state index in [0.717, 1.165) is 18.2 Å². The highest BCUT2D eigenvalue weighted by Gasteiger charge is 2.12. The minimum Gasteiger partial charge on any atom is -0.318 e. The molecule has 98 valence electrons. The number of halogens is 2. The van der Waals surface area contributed by atoms with Gasteiger partial charge in [-0.25, -0.2) is 18.7 Å². The first-order chi connectivity index (χ1) is 9.10. The summed E-state index contributed by atoms with van der Waals surface area (Å²) >= 11 is 0. The topological polar surface area (TPSA) is 54.9 Å². The van der Waals surface area contributed by atoms with Gasteiger partial charge in [-0.2, -0.15) is 0 Å². The van der Waals surface area contributed by atoms with Gasteiger partial charge in [-0.3, -0.25) is 4.79 Å². The molecular weight excluding hydrogens is 252 g/mol. The van der Waals surface area contributed by atoms with E-state index in [1.165, 1.54) is 12.4 Å². The number of hydrogen-bond acceptors (Lipinski definition) is 3. The van der Waals surface area contributed by atoms with Crippen molar-refractivity contribution in [1.29, 1.82) is 0 Å². The zero-order valence-corrected chi connectivity index (χ0v) is 10.2. The van der Waals surface area contributed by atoms with Crippen LogP contribution in [-0.2, 0) is 6.42 Å². The molecule has 6 heteroatoms. The van der Waals surface area contributed by atoms with Crippen LogP contribution in [0.1, 0.15) is 23.1 Å². The number of hydrogen-bond donors (Lipinski definition) is 1. The Bertz CT molecular complexity index is 617. The maximum atomic E-state index is 13.4. The molecule has 0 spiro atoms. The maximum Gasteiger partial charge on any atom is 0.274 e. The fraction of sp³-hybridized carbons (Fsp3) is 0.154. The smallest absolute Gasteiger partial charge is 0.274 e. The summed E-state index contributed by atoms with van der Waals surface area (Å²) < 4.78 is 26.4. The fourth-order valence-electron chi connectivity index (χ4n) is 1.49. The van der Waals surface area contributed by atoms with Gasteiger partial charge in [0.1, 0.15) is 23.7 Å². The van der Waals surface area contributed by atoms with Gasteiger partial charge >= 0.3 is 0 Å². The summed E-state index contributed by atoms with van der Waals surface area (Å²) in [6, 6.07) is 4.34. The molecule has 2 aromatic rings. The third-order valence-electron chi connectivity index (χ3n) is 2.50. The minimum atomic E-state index is -0.709. The molecule has 1 aromatic carbocycles. The lowest BCUT2D eigenvalue weighted by Gasteiger charge is -2.06. The number of rotatable bonds is 3. The number of carbonyl (C=O) groups excluding carboxylic acids is 1. The van der Waals surface area contributed by atoms with Crippen molar-refractivity contribution in [2.45, 2.75) is 13.3 Å². The van der Waals surface area contributed by atoms with Crippen molar-refractivity contribution in [2.75, 3.05) is 5.32 Å². The van der Waals surface area contributed by atoms with Gasteiger partial charge < -0.3 is 5.32 Å². The average Bonchev–Trinajstić information content (AvgIpc) is 2.43. The Hall–Kier alpha value is -2.37. The number of aryl methyl sites for hydroxylation is 1. The molecule has 0 saturated heterocycles. The summed E-state index contributed by atoms with van der Waals surface area (Å²) in [5.74, 6) is -1.95. The molecule has 19 heavy (non-hydrogen) atoms. The van der Waals surface area contributed by atoms with Crippen LogP contribution >= 0.6 is 0 Å². The third-order valence-corrected chi connectivity index (χ3v) is 2.50. The average molecular weight is 263 g/mol. The van der Waals surface area contributed by atoms with Gasteiger partial charge in [0.05, 0.1) is 5.69 Å². The highest BCUT2D eigenvalue weighted by atomic mass is 19.1.